The zero-order chi connectivity index (χ0) is 51.6. The Balaban J connectivity index is 0.821. The fourth-order valence-electron chi connectivity index (χ4n) is 13.4. The number of carboxylic acid groups (broad SMARTS) is 3. The predicted molar refractivity (Wildman–Crippen MR) is 267 cm³/mol. The smallest absolute Gasteiger partial charge is 0.407 e. The maximum atomic E-state index is 13.7. The highest BCUT2D eigenvalue weighted by atomic mass is 32.1. The number of aliphatic hydroxyl groups is 3. The summed E-state index contributed by atoms with van der Waals surface area (Å²) in [6.45, 7) is 7.30. The minimum Gasteiger partial charge on any atom is -0.479 e. The number of fused-ring (bicyclic) bond motifs is 2. The molecule has 73 heavy (non-hydrogen) atoms. The second kappa shape index (κ2) is 19.1. The van der Waals surface area contributed by atoms with E-state index in [4.69, 9.17) is 24.3 Å². The van der Waals surface area contributed by atoms with E-state index in [2.05, 4.69) is 24.1 Å². The Morgan fingerprint density at radius 1 is 0.836 bits per heavy atom. The number of thiazole rings is 1. The summed E-state index contributed by atoms with van der Waals surface area (Å²) in [5.41, 5.74) is 3.29. The number of anilines is 1. The van der Waals surface area contributed by atoms with Crippen molar-refractivity contribution in [3.8, 4) is 22.4 Å². The molecular weight excluding hydrogens is 961 g/mol. The van der Waals surface area contributed by atoms with Crippen LogP contribution in [0.25, 0.3) is 43.4 Å². The topological polar surface area (TPSA) is 276 Å². The molecule has 5 fully saturated rings. The van der Waals surface area contributed by atoms with Crippen LogP contribution >= 0.6 is 11.3 Å². The number of nitrogens with zero attached hydrogens (tertiary/aromatic N) is 5. The molecule has 4 aliphatic carbocycles. The van der Waals surface area contributed by atoms with Gasteiger partial charge in [0, 0.05) is 47.6 Å². The van der Waals surface area contributed by atoms with E-state index in [0.29, 0.717) is 45.0 Å². The van der Waals surface area contributed by atoms with Crippen molar-refractivity contribution in [2.45, 2.75) is 109 Å². The Kier molecular flexibility index (Phi) is 13.2. The second-order valence-corrected chi connectivity index (χ2v) is 22.4. The summed E-state index contributed by atoms with van der Waals surface area (Å²) in [7, 11) is 0. The minimum absolute atomic E-state index is 0.0355. The molecule has 2 amide bonds. The van der Waals surface area contributed by atoms with E-state index in [1.165, 1.54) is 16.2 Å². The normalized spacial score (nSPS) is 28.4. The van der Waals surface area contributed by atoms with Crippen molar-refractivity contribution < 1.29 is 64.0 Å². The average Bonchev–Trinajstić information content (AvgIpc) is 3.91. The number of aromatic nitrogens is 4. The fourth-order valence-corrected chi connectivity index (χ4v) is 14.2. The molecule has 19 nitrogen and oxygen atoms in total. The first-order valence-electron chi connectivity index (χ1n) is 24.4. The zero-order valence-electron chi connectivity index (χ0n) is 40.6. The molecule has 11 rings (SSSR count). The van der Waals surface area contributed by atoms with Gasteiger partial charge in [0.2, 0.25) is 0 Å². The zero-order valence-corrected chi connectivity index (χ0v) is 41.4. The molecule has 3 aromatic carbocycles. The molecule has 3 aromatic heterocycles. The Hall–Kier alpha value is -6.39. The van der Waals surface area contributed by atoms with Gasteiger partial charge in [-0.05, 0) is 115 Å². The second-order valence-electron chi connectivity index (χ2n) is 21.3. The third-order valence-corrected chi connectivity index (χ3v) is 16.2. The van der Waals surface area contributed by atoms with Gasteiger partial charge in [0.15, 0.2) is 23.2 Å². The number of benzene rings is 3. The van der Waals surface area contributed by atoms with Gasteiger partial charge in [-0.1, -0.05) is 61.6 Å². The third kappa shape index (κ3) is 9.80. The van der Waals surface area contributed by atoms with Crippen molar-refractivity contribution in [2.24, 2.45) is 16.2 Å². The molecule has 384 valence electrons. The first-order chi connectivity index (χ1) is 34.7. The summed E-state index contributed by atoms with van der Waals surface area (Å²) < 4.78 is 20.4. The van der Waals surface area contributed by atoms with E-state index >= 15 is 0 Å². The molecule has 1 aliphatic heterocycles. The number of carbonyl (C=O) groups excluding carboxylic acids is 1. The average molecular weight is 1020 g/mol. The number of amides is 2. The van der Waals surface area contributed by atoms with Gasteiger partial charge in [0.05, 0.1) is 40.9 Å². The highest BCUT2D eigenvalue weighted by Crippen LogP contribution is 2.72. The van der Waals surface area contributed by atoms with Crippen LogP contribution in [0.3, 0.4) is 0 Å². The molecule has 4 saturated carbocycles. The molecule has 4 heterocycles. The predicted octanol–water partition coefficient (Wildman–Crippen LogP) is 7.05. The van der Waals surface area contributed by atoms with Crippen LogP contribution in [0, 0.1) is 23.2 Å². The molecule has 20 heteroatoms. The van der Waals surface area contributed by atoms with E-state index in [-0.39, 0.29) is 60.6 Å². The lowest BCUT2D eigenvalue weighted by atomic mass is 9.39. The fraction of sp³-hybridized carbons (Fsp3) is 0.453. The monoisotopic (exact) mass is 1020 g/mol. The Morgan fingerprint density at radius 3 is 2.33 bits per heavy atom. The molecule has 1 saturated heterocycles. The highest BCUT2D eigenvalue weighted by Gasteiger charge is 2.66. The van der Waals surface area contributed by atoms with Crippen LogP contribution in [0.5, 0.6) is 0 Å². The van der Waals surface area contributed by atoms with Crippen molar-refractivity contribution in [3.05, 3.63) is 95.9 Å². The quantitative estimate of drug-likeness (QED) is 0.0451. The number of hydrogen-bond donors (Lipinski definition) is 7. The number of carboxylic acids is 2. The number of nitrogens with one attached hydrogen (secondary N) is 1. The summed E-state index contributed by atoms with van der Waals surface area (Å²) in [6, 6.07) is 22.3. The lowest BCUT2D eigenvalue weighted by Crippen LogP contribution is -2.64. The molecule has 7 atom stereocenters. The SMILES string of the molecule is Cc1c(-c2ccc(-c3ccc4cccc(C(=O)Nc5nc6ccccc6s5)c4c3)nc2C(=O)O)cnn1CC12CC3(C)CC(C)(C1)CC(OCCN(CCCO[C@H]1O[C@@H](C(=O)O)[C@H](O)[C@@H](O)[C@@H]1O)C(=O)O)(C3)C2. The lowest BCUT2D eigenvalue weighted by Gasteiger charge is -2.69. The van der Waals surface area contributed by atoms with Crippen molar-refractivity contribution in [1.29, 1.82) is 0 Å². The van der Waals surface area contributed by atoms with Gasteiger partial charge in [0.25, 0.3) is 5.91 Å². The van der Waals surface area contributed by atoms with Gasteiger partial charge < -0.3 is 49.7 Å². The van der Waals surface area contributed by atoms with Gasteiger partial charge >= 0.3 is 18.0 Å². The van der Waals surface area contributed by atoms with Crippen molar-refractivity contribution >= 4 is 61.4 Å². The van der Waals surface area contributed by atoms with Crippen LogP contribution in [-0.2, 0) is 25.5 Å². The number of carbonyl (C=O) groups is 4. The number of aliphatic hydroxyl groups excluding tert-OH is 3. The number of pyridine rings is 1. The van der Waals surface area contributed by atoms with E-state index in [0.717, 1.165) is 59.8 Å². The summed E-state index contributed by atoms with van der Waals surface area (Å²) in [4.78, 5) is 61.0. The first kappa shape index (κ1) is 50.2. The van der Waals surface area contributed by atoms with Crippen LogP contribution in [0.1, 0.15) is 85.3 Å². The Bertz CT molecular complexity index is 3090. The Morgan fingerprint density at radius 2 is 1.60 bits per heavy atom. The Labute approximate surface area is 423 Å². The van der Waals surface area contributed by atoms with E-state index in [1.807, 2.05) is 66.2 Å². The van der Waals surface area contributed by atoms with Gasteiger partial charge in [-0.2, -0.15) is 5.10 Å². The van der Waals surface area contributed by atoms with E-state index in [1.54, 1.807) is 24.4 Å². The third-order valence-electron chi connectivity index (χ3n) is 15.3. The number of aliphatic carboxylic acids is 1. The molecule has 7 N–H and O–H groups in total. The molecule has 5 aliphatic rings. The maximum Gasteiger partial charge on any atom is 0.407 e. The molecule has 6 aromatic rings. The van der Waals surface area contributed by atoms with Gasteiger partial charge in [-0.15, -0.1) is 0 Å². The molecule has 0 spiro atoms. The first-order valence-corrected chi connectivity index (χ1v) is 25.2. The molecular formula is C53H58N6O13S. The van der Waals surface area contributed by atoms with Crippen molar-refractivity contribution in [1.82, 2.24) is 24.6 Å². The molecule has 0 radical (unpaired) electrons. The lowest BCUT2D eigenvalue weighted by molar-refractivity contribution is -0.294. The highest BCUT2D eigenvalue weighted by molar-refractivity contribution is 7.22. The number of aromatic carboxylic acids is 1. The van der Waals surface area contributed by atoms with Crippen LogP contribution in [0.15, 0.2) is 79.0 Å². The van der Waals surface area contributed by atoms with Gasteiger partial charge in [-0.25, -0.2) is 24.4 Å². The van der Waals surface area contributed by atoms with E-state index < -0.39 is 54.3 Å². The van der Waals surface area contributed by atoms with E-state index in [9.17, 15) is 49.8 Å². The summed E-state index contributed by atoms with van der Waals surface area (Å²) in [6.07, 6.45) is -2.64. The summed E-state index contributed by atoms with van der Waals surface area (Å²) >= 11 is 1.39. The molecule has 2 unspecified atom stereocenters. The van der Waals surface area contributed by atoms with Crippen LogP contribution < -0.4 is 5.32 Å². The van der Waals surface area contributed by atoms with Gasteiger partial charge in [0.1, 0.15) is 18.3 Å². The van der Waals surface area contributed by atoms with Crippen LogP contribution in [0.2, 0.25) is 0 Å². The van der Waals surface area contributed by atoms with Crippen LogP contribution in [0.4, 0.5) is 9.93 Å². The largest absolute Gasteiger partial charge is 0.479 e. The number of hydrogen-bond acceptors (Lipinski definition) is 14. The maximum absolute atomic E-state index is 13.7. The van der Waals surface area contributed by atoms with Crippen molar-refractivity contribution in [3.63, 3.8) is 0 Å². The summed E-state index contributed by atoms with van der Waals surface area (Å²) in [5, 5.41) is 70.2. The number of rotatable bonds is 17. The van der Waals surface area contributed by atoms with Crippen LogP contribution in [-0.4, -0.2) is 142 Å². The van der Waals surface area contributed by atoms with Crippen molar-refractivity contribution in [2.75, 3.05) is 31.6 Å². The van der Waals surface area contributed by atoms with Gasteiger partial charge in [-0.3, -0.25) is 14.8 Å². The molecule has 4 bridgehead atoms. The standard InChI is InChI=1S/C53H58N6O13S/c1-29-35(32-14-15-36(55-39(32)45(64)65)31-13-12-30-8-6-9-33(34(30)20-31)44(63)57-48-56-37-10-4-5-11-38(37)73-48)21-54-59(29)28-52-23-50(2)22-51(3,24-52)26-53(25-50,27-52)71-19-17-58(49(68)69)16-7-18-70-47-42(62)40(60)41(61)43(72-47)46(66)67/h4-6,8-15,20-21,40-43,47,60-62H,7,16-19,22-28H2,1-3H3,(H,64,65)(H,66,67)(H,68,69)(H,56,57,63)/t40-,41-,42+,43-,47+,50?,51?,52?,53?/m1/s1. The number of para-hydroxylation sites is 1. The summed E-state index contributed by atoms with van der Waals surface area (Å²) in [5.74, 6) is -3.04. The minimum atomic E-state index is -1.85. The number of ether oxygens (including phenoxy) is 3.